The van der Waals surface area contributed by atoms with E-state index in [0.29, 0.717) is 27.8 Å². The standard InChI is InChI=1S/C16H9N3O7S/c20-11-4-5-12-9(6-11)2-1-3-15(12)27-16-13(18(23)24)7-10(17(21)22)8-14(16)19(25)26/h1-8,20H. The van der Waals surface area contributed by atoms with Gasteiger partial charge in [-0.1, -0.05) is 23.9 Å². The first kappa shape index (κ1) is 18.1. The Hall–Kier alpha value is -3.73. The maximum Gasteiger partial charge on any atom is 0.297 e. The average molecular weight is 387 g/mol. The third kappa shape index (κ3) is 3.48. The molecule has 10 nitrogen and oxygen atoms in total. The number of phenolic OH excluding ortho intramolecular Hbond substituents is 1. The zero-order valence-electron chi connectivity index (χ0n) is 13.3. The van der Waals surface area contributed by atoms with E-state index in [2.05, 4.69) is 0 Å². The van der Waals surface area contributed by atoms with Gasteiger partial charge in [0.15, 0.2) is 4.90 Å². The van der Waals surface area contributed by atoms with Crippen LogP contribution in [0.15, 0.2) is 58.3 Å². The highest BCUT2D eigenvalue weighted by Gasteiger charge is 2.31. The molecule has 0 saturated heterocycles. The molecule has 27 heavy (non-hydrogen) atoms. The molecule has 0 amide bonds. The molecule has 0 aliphatic carbocycles. The largest absolute Gasteiger partial charge is 0.508 e. The fraction of sp³-hybridized carbons (Fsp3) is 0. The number of non-ortho nitro benzene ring substituents is 1. The molecular weight excluding hydrogens is 378 g/mol. The van der Waals surface area contributed by atoms with Crippen molar-refractivity contribution < 1.29 is 19.9 Å². The van der Waals surface area contributed by atoms with Crippen molar-refractivity contribution in [1.82, 2.24) is 0 Å². The van der Waals surface area contributed by atoms with E-state index in [0.717, 1.165) is 11.8 Å². The van der Waals surface area contributed by atoms with Crippen LogP contribution in [-0.2, 0) is 0 Å². The lowest BCUT2D eigenvalue weighted by Crippen LogP contribution is -2.00. The number of hydrogen-bond acceptors (Lipinski definition) is 8. The van der Waals surface area contributed by atoms with Gasteiger partial charge in [-0.05, 0) is 35.0 Å². The smallest absolute Gasteiger partial charge is 0.297 e. The first-order valence-corrected chi connectivity index (χ1v) is 8.10. The third-order valence-corrected chi connectivity index (χ3v) is 4.87. The van der Waals surface area contributed by atoms with E-state index < -0.39 is 31.8 Å². The Labute approximate surface area is 154 Å². The number of fused-ring (bicyclic) bond motifs is 1. The highest BCUT2D eigenvalue weighted by molar-refractivity contribution is 7.99. The summed E-state index contributed by atoms with van der Waals surface area (Å²) in [7, 11) is 0. The van der Waals surface area contributed by atoms with Crippen molar-refractivity contribution in [2.75, 3.05) is 0 Å². The van der Waals surface area contributed by atoms with Crippen molar-refractivity contribution in [3.8, 4) is 5.75 Å². The van der Waals surface area contributed by atoms with Crippen molar-refractivity contribution in [3.63, 3.8) is 0 Å². The van der Waals surface area contributed by atoms with Crippen molar-refractivity contribution >= 4 is 39.6 Å². The normalized spacial score (nSPS) is 10.7. The van der Waals surface area contributed by atoms with E-state index in [-0.39, 0.29) is 10.6 Å². The van der Waals surface area contributed by atoms with Gasteiger partial charge < -0.3 is 5.11 Å². The number of phenols is 1. The van der Waals surface area contributed by atoms with Gasteiger partial charge in [-0.25, -0.2) is 0 Å². The first-order valence-electron chi connectivity index (χ1n) is 7.28. The molecule has 3 rings (SSSR count). The Kier molecular flexibility index (Phi) is 4.60. The number of rotatable bonds is 5. The van der Waals surface area contributed by atoms with Crippen LogP contribution in [0.5, 0.6) is 5.75 Å². The van der Waals surface area contributed by atoms with Gasteiger partial charge in [0.2, 0.25) is 0 Å². The van der Waals surface area contributed by atoms with E-state index in [4.69, 9.17) is 0 Å². The van der Waals surface area contributed by atoms with Gasteiger partial charge in [0, 0.05) is 4.90 Å². The van der Waals surface area contributed by atoms with Gasteiger partial charge in [0.05, 0.1) is 26.9 Å². The van der Waals surface area contributed by atoms with E-state index >= 15 is 0 Å². The van der Waals surface area contributed by atoms with Gasteiger partial charge in [-0.3, -0.25) is 30.3 Å². The minimum absolute atomic E-state index is 0.0250. The predicted octanol–water partition coefficient (Wildman–Crippen LogP) is 4.42. The van der Waals surface area contributed by atoms with Gasteiger partial charge in [-0.15, -0.1) is 0 Å². The maximum atomic E-state index is 11.4. The fourth-order valence-electron chi connectivity index (χ4n) is 2.51. The number of aromatic hydroxyl groups is 1. The molecule has 0 bridgehead atoms. The Balaban J connectivity index is 2.24. The summed E-state index contributed by atoms with van der Waals surface area (Å²) < 4.78 is 0. The molecule has 3 aromatic rings. The maximum absolute atomic E-state index is 11.4. The molecule has 0 aromatic heterocycles. The van der Waals surface area contributed by atoms with Crippen molar-refractivity contribution in [1.29, 1.82) is 0 Å². The lowest BCUT2D eigenvalue weighted by Gasteiger charge is -2.08. The molecule has 3 aromatic carbocycles. The average Bonchev–Trinajstić information content (AvgIpc) is 2.61. The molecule has 11 heteroatoms. The summed E-state index contributed by atoms with van der Waals surface area (Å²) in [4.78, 5) is 31.2. The molecule has 0 heterocycles. The highest BCUT2D eigenvalue weighted by Crippen LogP contribution is 2.45. The molecule has 0 radical (unpaired) electrons. The number of nitro benzene ring substituents is 3. The lowest BCUT2D eigenvalue weighted by molar-refractivity contribution is -0.407. The summed E-state index contributed by atoms with van der Waals surface area (Å²) in [6.45, 7) is 0. The number of nitro groups is 3. The summed E-state index contributed by atoms with van der Waals surface area (Å²) in [5.74, 6) is 0.0250. The van der Waals surface area contributed by atoms with E-state index in [1.165, 1.54) is 12.1 Å². The Morgan fingerprint density at radius 2 is 1.44 bits per heavy atom. The zero-order chi connectivity index (χ0) is 19.7. The molecule has 0 aliphatic heterocycles. The van der Waals surface area contributed by atoms with Crippen molar-refractivity contribution in [2.24, 2.45) is 0 Å². The SMILES string of the molecule is O=[N+]([O-])c1cc([N+](=O)[O-])c(Sc2cccc3cc(O)ccc23)c([N+](=O)[O-])c1. The van der Waals surface area contributed by atoms with Crippen LogP contribution >= 0.6 is 11.8 Å². The monoisotopic (exact) mass is 387 g/mol. The Bertz CT molecular complexity index is 1080. The molecule has 0 unspecified atom stereocenters. The fourth-order valence-corrected chi connectivity index (χ4v) is 3.64. The molecule has 136 valence electrons. The van der Waals surface area contributed by atoms with Gasteiger partial charge >= 0.3 is 0 Å². The van der Waals surface area contributed by atoms with Crippen molar-refractivity contribution in [3.05, 3.63) is 78.9 Å². The lowest BCUT2D eigenvalue weighted by atomic mass is 10.1. The molecular formula is C16H9N3O7S. The van der Waals surface area contributed by atoms with Crippen LogP contribution in [0.2, 0.25) is 0 Å². The van der Waals surface area contributed by atoms with E-state index in [1.54, 1.807) is 24.3 Å². The molecule has 0 spiro atoms. The number of hydrogen-bond donors (Lipinski definition) is 1. The summed E-state index contributed by atoms with van der Waals surface area (Å²) in [5, 5.41) is 44.5. The summed E-state index contributed by atoms with van der Waals surface area (Å²) in [6, 6.07) is 10.8. The van der Waals surface area contributed by atoms with Crippen LogP contribution in [0.25, 0.3) is 10.8 Å². The predicted molar refractivity (Wildman–Crippen MR) is 96.1 cm³/mol. The van der Waals surface area contributed by atoms with Crippen LogP contribution in [0.1, 0.15) is 0 Å². The zero-order valence-corrected chi connectivity index (χ0v) is 14.1. The van der Waals surface area contributed by atoms with E-state index in [9.17, 15) is 35.4 Å². The molecule has 0 aliphatic rings. The molecule has 0 atom stereocenters. The van der Waals surface area contributed by atoms with Crippen LogP contribution in [0, 0.1) is 30.3 Å². The summed E-state index contributed by atoms with van der Waals surface area (Å²) in [5.41, 5.74) is -2.19. The van der Waals surface area contributed by atoms with Gasteiger partial charge in [0.1, 0.15) is 5.75 Å². The second-order valence-electron chi connectivity index (χ2n) is 5.35. The van der Waals surface area contributed by atoms with Crippen molar-refractivity contribution in [2.45, 2.75) is 9.79 Å². The van der Waals surface area contributed by atoms with Crippen LogP contribution < -0.4 is 0 Å². The second kappa shape index (κ2) is 6.88. The molecule has 0 fully saturated rings. The van der Waals surface area contributed by atoms with E-state index in [1.807, 2.05) is 0 Å². The van der Waals surface area contributed by atoms with Crippen LogP contribution in [0.4, 0.5) is 17.1 Å². The Morgan fingerprint density at radius 1 is 0.815 bits per heavy atom. The highest BCUT2D eigenvalue weighted by atomic mass is 32.2. The Morgan fingerprint density at radius 3 is 2.00 bits per heavy atom. The second-order valence-corrected chi connectivity index (χ2v) is 6.40. The molecule has 1 N–H and O–H groups in total. The topological polar surface area (TPSA) is 150 Å². The minimum Gasteiger partial charge on any atom is -0.508 e. The van der Waals surface area contributed by atoms with Crippen LogP contribution in [0.3, 0.4) is 0 Å². The minimum atomic E-state index is -0.921. The quantitative estimate of drug-likeness (QED) is 0.499. The summed E-state index contributed by atoms with van der Waals surface area (Å²) >= 11 is 0.766. The third-order valence-electron chi connectivity index (χ3n) is 3.67. The number of benzene rings is 3. The first-order chi connectivity index (χ1) is 12.8. The summed E-state index contributed by atoms with van der Waals surface area (Å²) in [6.07, 6.45) is 0. The number of nitrogens with zero attached hydrogens (tertiary/aromatic N) is 3. The van der Waals surface area contributed by atoms with Gasteiger partial charge in [0.25, 0.3) is 17.1 Å². The van der Waals surface area contributed by atoms with Crippen LogP contribution in [-0.4, -0.2) is 19.9 Å². The molecule has 0 saturated carbocycles. The van der Waals surface area contributed by atoms with Gasteiger partial charge in [-0.2, -0.15) is 0 Å².